The third-order valence-electron chi connectivity index (χ3n) is 4.39. The molecule has 2 aromatic rings. The second kappa shape index (κ2) is 9.38. The minimum atomic E-state index is -4.12. The van der Waals surface area contributed by atoms with Crippen LogP contribution in [0.5, 0.6) is 0 Å². The molecular weight excluding hydrogens is 547 g/mol. The highest BCUT2D eigenvalue weighted by Gasteiger charge is 2.28. The Labute approximate surface area is 203 Å². The number of hydrogen-bond donors (Lipinski definition) is 0. The number of rotatable bonds is 3. The van der Waals surface area contributed by atoms with Crippen molar-refractivity contribution < 1.29 is 13.2 Å². The fraction of sp³-hybridized carbons (Fsp3) is 0.0952. The van der Waals surface area contributed by atoms with E-state index in [2.05, 4.69) is 25.3 Å². The van der Waals surface area contributed by atoms with Crippen molar-refractivity contribution in [2.24, 2.45) is 9.39 Å². The molecule has 31 heavy (non-hydrogen) atoms. The lowest BCUT2D eigenvalue weighted by Gasteiger charge is -2.16. The van der Waals surface area contributed by atoms with Crippen molar-refractivity contribution in [3.8, 4) is 0 Å². The molecule has 0 saturated heterocycles. The first kappa shape index (κ1) is 23.9. The molecule has 0 radical (unpaired) electrons. The molecular formula is C21H14BrCl3N2O3S. The van der Waals surface area contributed by atoms with E-state index in [1.54, 1.807) is 50.2 Å². The van der Waals surface area contributed by atoms with Crippen LogP contribution in [0.3, 0.4) is 0 Å². The smallest absolute Gasteiger partial charge is 0.284 e. The van der Waals surface area contributed by atoms with Gasteiger partial charge < -0.3 is 0 Å². The topological polar surface area (TPSA) is 75.9 Å². The van der Waals surface area contributed by atoms with Crippen LogP contribution < -0.4 is 0 Å². The van der Waals surface area contributed by atoms with Gasteiger partial charge in [0.15, 0.2) is 11.6 Å². The van der Waals surface area contributed by atoms with E-state index in [0.29, 0.717) is 10.6 Å². The summed E-state index contributed by atoms with van der Waals surface area (Å²) in [5, 5.41) is 0.518. The summed E-state index contributed by atoms with van der Waals surface area (Å²) in [6.45, 7) is 3.09. The molecule has 0 fully saturated rings. The second-order valence-corrected chi connectivity index (χ2v) is 10.2. The molecule has 1 aliphatic rings. The number of allylic oxidation sites excluding steroid dienone is 4. The van der Waals surface area contributed by atoms with E-state index in [9.17, 15) is 13.2 Å². The highest BCUT2D eigenvalue weighted by molar-refractivity contribution is 9.10. The minimum Gasteiger partial charge on any atom is -0.289 e. The molecule has 1 aliphatic carbocycles. The van der Waals surface area contributed by atoms with Crippen molar-refractivity contribution in [1.82, 2.24) is 0 Å². The molecule has 0 saturated carbocycles. The monoisotopic (exact) mass is 558 g/mol. The van der Waals surface area contributed by atoms with Crippen LogP contribution in [0, 0.1) is 0 Å². The van der Waals surface area contributed by atoms with Gasteiger partial charge in [0, 0.05) is 26.2 Å². The Balaban J connectivity index is 2.24. The number of aliphatic imine (C=N–C) groups is 1. The van der Waals surface area contributed by atoms with E-state index in [4.69, 9.17) is 34.8 Å². The summed E-state index contributed by atoms with van der Waals surface area (Å²) in [5.74, 6) is -0.456. The molecule has 160 valence electrons. The predicted octanol–water partition coefficient (Wildman–Crippen LogP) is 6.29. The summed E-state index contributed by atoms with van der Waals surface area (Å²) >= 11 is 21.9. The van der Waals surface area contributed by atoms with Crippen LogP contribution in [-0.2, 0) is 14.8 Å². The van der Waals surface area contributed by atoms with Crippen molar-refractivity contribution in [2.45, 2.75) is 18.7 Å². The lowest BCUT2D eigenvalue weighted by atomic mass is 9.97. The standard InChI is InChI=1S/C21H14BrCl3N2O3S/c1-11-17(24)19(18(25)12(2)20(11)28)26-21(13-3-7-15(23)8-4-13)27-31(29,30)16-9-5-14(22)6-10-16/h3-10H,1-2H3/b27-21+. The van der Waals surface area contributed by atoms with Gasteiger partial charge in [0.2, 0.25) is 0 Å². The zero-order valence-electron chi connectivity index (χ0n) is 16.2. The van der Waals surface area contributed by atoms with E-state index in [1.807, 2.05) is 0 Å². The number of nitrogens with zero attached hydrogens (tertiary/aromatic N) is 2. The SMILES string of the molecule is CC1=C(Cl)C(=N/C(=N/S(=O)(=O)c2ccc(Br)cc2)c2ccc(Cl)cc2)C(Cl)=C(C)C1=O. The highest BCUT2D eigenvalue weighted by atomic mass is 79.9. The Morgan fingerprint density at radius 1 is 0.871 bits per heavy atom. The van der Waals surface area contributed by atoms with Crippen LogP contribution in [0.1, 0.15) is 19.4 Å². The summed E-state index contributed by atoms with van der Waals surface area (Å²) in [6.07, 6.45) is 0. The summed E-state index contributed by atoms with van der Waals surface area (Å²) in [5.41, 5.74) is 0.957. The molecule has 0 unspecified atom stereocenters. The minimum absolute atomic E-state index is 0.0168. The maximum atomic E-state index is 12.9. The number of hydrogen-bond acceptors (Lipinski definition) is 3. The normalized spacial score (nSPS) is 15.6. The molecule has 3 rings (SSSR count). The van der Waals surface area contributed by atoms with Crippen LogP contribution in [0.2, 0.25) is 5.02 Å². The fourth-order valence-electron chi connectivity index (χ4n) is 2.65. The molecule has 0 bridgehead atoms. The Bertz CT molecular complexity index is 1260. The Morgan fingerprint density at radius 3 is 1.90 bits per heavy atom. The first-order valence-electron chi connectivity index (χ1n) is 8.74. The summed E-state index contributed by atoms with van der Waals surface area (Å²) < 4.78 is 30.5. The third kappa shape index (κ3) is 5.18. The van der Waals surface area contributed by atoms with E-state index in [0.717, 1.165) is 4.47 Å². The Kier molecular flexibility index (Phi) is 7.23. The molecule has 5 nitrogen and oxygen atoms in total. The van der Waals surface area contributed by atoms with Crippen LogP contribution in [-0.4, -0.2) is 25.7 Å². The average Bonchev–Trinajstić information content (AvgIpc) is 2.74. The van der Waals surface area contributed by atoms with Gasteiger partial charge >= 0.3 is 0 Å². The zero-order chi connectivity index (χ0) is 22.9. The van der Waals surface area contributed by atoms with Crippen molar-refractivity contribution in [3.63, 3.8) is 0 Å². The van der Waals surface area contributed by atoms with Crippen LogP contribution >= 0.6 is 50.7 Å². The molecule has 2 aromatic carbocycles. The highest BCUT2D eigenvalue weighted by Crippen LogP contribution is 2.31. The number of carbonyl (C=O) groups is 1. The Hall–Kier alpha value is -1.77. The number of amidine groups is 1. The van der Waals surface area contributed by atoms with Crippen LogP contribution in [0.15, 0.2) is 88.5 Å². The fourth-order valence-corrected chi connectivity index (χ4v) is 4.49. The number of sulfonamides is 1. The van der Waals surface area contributed by atoms with Gasteiger partial charge in [0.25, 0.3) is 10.0 Å². The van der Waals surface area contributed by atoms with E-state index >= 15 is 0 Å². The lowest BCUT2D eigenvalue weighted by Crippen LogP contribution is -2.19. The molecule has 0 N–H and O–H groups in total. The molecule has 0 amide bonds. The predicted molar refractivity (Wildman–Crippen MR) is 129 cm³/mol. The maximum absolute atomic E-state index is 12.9. The first-order valence-corrected chi connectivity index (χ1v) is 12.1. The molecule has 10 heteroatoms. The van der Waals surface area contributed by atoms with Gasteiger partial charge in [-0.05, 0) is 62.4 Å². The van der Waals surface area contributed by atoms with Gasteiger partial charge in [0.1, 0.15) is 5.71 Å². The summed E-state index contributed by atoms with van der Waals surface area (Å²) in [7, 11) is -4.12. The number of Topliss-reactive ketones (excluding diaryl/α,β-unsaturated/α-hetero) is 1. The van der Waals surface area contributed by atoms with Gasteiger partial charge in [-0.25, -0.2) is 4.99 Å². The number of benzene rings is 2. The molecule has 0 aromatic heterocycles. The third-order valence-corrected chi connectivity index (χ3v) is 7.38. The van der Waals surface area contributed by atoms with Crippen molar-refractivity contribution >= 4 is 78.1 Å². The molecule has 0 atom stereocenters. The molecule has 0 spiro atoms. The molecule has 0 aliphatic heterocycles. The average molecular weight is 561 g/mol. The first-order chi connectivity index (χ1) is 14.5. The van der Waals surface area contributed by atoms with Crippen molar-refractivity contribution in [2.75, 3.05) is 0 Å². The number of halogens is 4. The van der Waals surface area contributed by atoms with Gasteiger partial charge in [0.05, 0.1) is 15.0 Å². The second-order valence-electron chi connectivity index (χ2n) is 6.52. The van der Waals surface area contributed by atoms with E-state index in [1.165, 1.54) is 12.1 Å². The van der Waals surface area contributed by atoms with Crippen LogP contribution in [0.25, 0.3) is 0 Å². The summed E-state index contributed by atoms with van der Waals surface area (Å²) in [4.78, 5) is 16.6. The molecule has 0 heterocycles. The van der Waals surface area contributed by atoms with E-state index in [-0.39, 0.29) is 43.4 Å². The quantitative estimate of drug-likeness (QED) is 0.252. The van der Waals surface area contributed by atoms with Crippen LogP contribution in [0.4, 0.5) is 0 Å². The number of carbonyl (C=O) groups excluding carboxylic acids is 1. The van der Waals surface area contributed by atoms with Crippen molar-refractivity contribution in [1.29, 1.82) is 0 Å². The Morgan fingerprint density at radius 2 is 1.39 bits per heavy atom. The zero-order valence-corrected chi connectivity index (χ0v) is 20.8. The largest absolute Gasteiger partial charge is 0.289 e. The van der Waals surface area contributed by atoms with E-state index < -0.39 is 10.0 Å². The van der Waals surface area contributed by atoms with Gasteiger partial charge in [-0.2, -0.15) is 8.42 Å². The number of ketones is 1. The van der Waals surface area contributed by atoms with Gasteiger partial charge in [-0.3, -0.25) is 4.79 Å². The van der Waals surface area contributed by atoms with Gasteiger partial charge in [-0.1, -0.05) is 50.7 Å². The lowest BCUT2D eigenvalue weighted by molar-refractivity contribution is -0.112. The van der Waals surface area contributed by atoms with Crippen molar-refractivity contribution in [3.05, 3.63) is 84.8 Å². The van der Waals surface area contributed by atoms with Gasteiger partial charge in [-0.15, -0.1) is 4.40 Å². The maximum Gasteiger partial charge on any atom is 0.284 e. The summed E-state index contributed by atoms with van der Waals surface area (Å²) in [6, 6.07) is 12.3.